The van der Waals surface area contributed by atoms with Gasteiger partial charge in [-0.3, -0.25) is 0 Å². The standard InChI is InChI=1S/C10H8O2/c1-2-4-8-7(3-1)5-6-9-10(11-8)12-9/h1-6,9-10H. The number of para-hydroxylation sites is 1. The average Bonchev–Trinajstić information content (AvgIpc) is 2.80. The quantitative estimate of drug-likeness (QED) is 0.540. The van der Waals surface area contributed by atoms with Crippen LogP contribution in [0.25, 0.3) is 6.08 Å². The van der Waals surface area contributed by atoms with E-state index in [1.54, 1.807) is 0 Å². The molecule has 0 bridgehead atoms. The van der Waals surface area contributed by atoms with Crippen LogP contribution in [0, 0.1) is 0 Å². The van der Waals surface area contributed by atoms with Crippen molar-refractivity contribution in [1.82, 2.24) is 0 Å². The van der Waals surface area contributed by atoms with E-state index in [4.69, 9.17) is 9.47 Å². The Morgan fingerprint density at radius 2 is 2.08 bits per heavy atom. The Morgan fingerprint density at radius 3 is 3.08 bits per heavy atom. The Morgan fingerprint density at radius 1 is 1.17 bits per heavy atom. The maximum Gasteiger partial charge on any atom is 0.231 e. The molecular weight excluding hydrogens is 152 g/mol. The highest BCUT2D eigenvalue weighted by atomic mass is 16.8. The SMILES string of the molecule is C1=CC2OC2Oc2ccccc21. The molecule has 60 valence electrons. The van der Waals surface area contributed by atoms with Gasteiger partial charge in [-0.25, -0.2) is 0 Å². The summed E-state index contributed by atoms with van der Waals surface area (Å²) >= 11 is 0. The Balaban J connectivity index is 2.09. The minimum absolute atomic E-state index is 0.0371. The molecule has 0 saturated carbocycles. The third-order valence-electron chi connectivity index (χ3n) is 2.11. The summed E-state index contributed by atoms with van der Waals surface area (Å²) in [6, 6.07) is 7.97. The van der Waals surface area contributed by atoms with E-state index < -0.39 is 0 Å². The lowest BCUT2D eigenvalue weighted by Crippen LogP contribution is -2.00. The lowest BCUT2D eigenvalue weighted by molar-refractivity contribution is 0.178. The van der Waals surface area contributed by atoms with Crippen LogP contribution in [0.1, 0.15) is 5.56 Å². The monoisotopic (exact) mass is 160 g/mol. The molecule has 0 aliphatic carbocycles. The minimum atomic E-state index is -0.0371. The second-order valence-electron chi connectivity index (χ2n) is 2.98. The van der Waals surface area contributed by atoms with E-state index in [0.29, 0.717) is 0 Å². The third-order valence-corrected chi connectivity index (χ3v) is 2.11. The molecule has 1 aromatic rings. The van der Waals surface area contributed by atoms with Crippen molar-refractivity contribution in [2.45, 2.75) is 12.4 Å². The summed E-state index contributed by atoms with van der Waals surface area (Å²) in [7, 11) is 0. The molecule has 1 saturated heterocycles. The van der Waals surface area contributed by atoms with Crippen molar-refractivity contribution in [1.29, 1.82) is 0 Å². The fraction of sp³-hybridized carbons (Fsp3) is 0.200. The average molecular weight is 160 g/mol. The second-order valence-corrected chi connectivity index (χ2v) is 2.98. The van der Waals surface area contributed by atoms with Gasteiger partial charge in [0, 0.05) is 5.56 Å². The fourth-order valence-corrected chi connectivity index (χ4v) is 1.39. The van der Waals surface area contributed by atoms with E-state index in [-0.39, 0.29) is 12.4 Å². The Labute approximate surface area is 70.4 Å². The smallest absolute Gasteiger partial charge is 0.231 e. The first kappa shape index (κ1) is 6.26. The highest BCUT2D eigenvalue weighted by Gasteiger charge is 2.40. The van der Waals surface area contributed by atoms with E-state index in [1.807, 2.05) is 36.4 Å². The molecule has 2 heterocycles. The zero-order valence-corrected chi connectivity index (χ0v) is 6.44. The van der Waals surface area contributed by atoms with E-state index >= 15 is 0 Å². The lowest BCUT2D eigenvalue weighted by atomic mass is 10.2. The maximum atomic E-state index is 5.55. The third kappa shape index (κ3) is 0.850. The first-order valence-corrected chi connectivity index (χ1v) is 4.03. The molecule has 0 N–H and O–H groups in total. The normalized spacial score (nSPS) is 29.7. The van der Waals surface area contributed by atoms with Gasteiger partial charge in [0.1, 0.15) is 11.9 Å². The van der Waals surface area contributed by atoms with Crippen LogP contribution in [0.5, 0.6) is 5.75 Å². The molecule has 0 amide bonds. The summed E-state index contributed by atoms with van der Waals surface area (Å²) in [4.78, 5) is 0. The molecule has 12 heavy (non-hydrogen) atoms. The van der Waals surface area contributed by atoms with Crippen molar-refractivity contribution in [2.24, 2.45) is 0 Å². The Kier molecular flexibility index (Phi) is 1.10. The van der Waals surface area contributed by atoms with E-state index in [1.165, 1.54) is 0 Å². The maximum absolute atomic E-state index is 5.55. The van der Waals surface area contributed by atoms with E-state index in [0.717, 1.165) is 11.3 Å². The summed E-state index contributed by atoms with van der Waals surface area (Å²) < 4.78 is 10.8. The second kappa shape index (κ2) is 2.11. The van der Waals surface area contributed by atoms with Crippen molar-refractivity contribution in [3.63, 3.8) is 0 Å². The van der Waals surface area contributed by atoms with Crippen molar-refractivity contribution < 1.29 is 9.47 Å². The lowest BCUT2D eigenvalue weighted by Gasteiger charge is -2.03. The summed E-state index contributed by atoms with van der Waals surface area (Å²) in [5, 5.41) is 0. The van der Waals surface area contributed by atoms with Gasteiger partial charge in [0.2, 0.25) is 6.29 Å². The highest BCUT2D eigenvalue weighted by molar-refractivity contribution is 5.59. The van der Waals surface area contributed by atoms with Crippen molar-refractivity contribution in [3.05, 3.63) is 35.9 Å². The Hall–Kier alpha value is -1.28. The van der Waals surface area contributed by atoms with Gasteiger partial charge in [0.05, 0.1) is 0 Å². The van der Waals surface area contributed by atoms with Gasteiger partial charge in [0.15, 0.2) is 0 Å². The van der Waals surface area contributed by atoms with Crippen LogP contribution in [-0.4, -0.2) is 12.4 Å². The molecule has 2 aliphatic rings. The van der Waals surface area contributed by atoms with Gasteiger partial charge in [-0.05, 0) is 12.1 Å². The molecule has 2 aliphatic heterocycles. The van der Waals surface area contributed by atoms with Crippen LogP contribution >= 0.6 is 0 Å². The number of fused-ring (bicyclic) bond motifs is 2. The van der Waals surface area contributed by atoms with Gasteiger partial charge >= 0.3 is 0 Å². The molecule has 0 spiro atoms. The summed E-state index contributed by atoms with van der Waals surface area (Å²) in [5.41, 5.74) is 1.13. The van der Waals surface area contributed by atoms with Crippen LogP contribution < -0.4 is 4.74 Å². The number of ether oxygens (including phenoxy) is 2. The Bertz CT molecular complexity index is 343. The predicted octanol–water partition coefficient (Wildman–Crippen LogP) is 1.82. The van der Waals surface area contributed by atoms with Crippen molar-refractivity contribution >= 4 is 6.08 Å². The van der Waals surface area contributed by atoms with E-state index in [9.17, 15) is 0 Å². The van der Waals surface area contributed by atoms with Gasteiger partial charge in [0.25, 0.3) is 0 Å². The van der Waals surface area contributed by atoms with Crippen LogP contribution in [0.3, 0.4) is 0 Å². The van der Waals surface area contributed by atoms with Crippen LogP contribution in [-0.2, 0) is 4.74 Å². The topological polar surface area (TPSA) is 21.8 Å². The summed E-state index contributed by atoms with van der Waals surface area (Å²) in [6.07, 6.45) is 4.23. The molecule has 1 aromatic carbocycles. The van der Waals surface area contributed by atoms with Gasteiger partial charge in [-0.2, -0.15) is 0 Å². The van der Waals surface area contributed by atoms with E-state index in [2.05, 4.69) is 0 Å². The highest BCUT2D eigenvalue weighted by Crippen LogP contribution is 2.33. The molecular formula is C10H8O2. The number of benzene rings is 1. The zero-order chi connectivity index (χ0) is 7.97. The van der Waals surface area contributed by atoms with Crippen molar-refractivity contribution in [3.8, 4) is 5.75 Å². The number of epoxide rings is 1. The van der Waals surface area contributed by atoms with Crippen molar-refractivity contribution in [2.75, 3.05) is 0 Å². The summed E-state index contributed by atoms with van der Waals surface area (Å²) in [6.45, 7) is 0. The molecule has 3 rings (SSSR count). The largest absolute Gasteiger partial charge is 0.461 e. The molecule has 2 heteroatoms. The minimum Gasteiger partial charge on any atom is -0.461 e. The number of hydrogen-bond donors (Lipinski definition) is 0. The number of rotatable bonds is 0. The molecule has 0 aromatic heterocycles. The first-order valence-electron chi connectivity index (χ1n) is 4.03. The molecule has 2 atom stereocenters. The van der Waals surface area contributed by atoms with Crippen LogP contribution in [0.15, 0.2) is 30.3 Å². The van der Waals surface area contributed by atoms with Crippen LogP contribution in [0.2, 0.25) is 0 Å². The van der Waals surface area contributed by atoms with Gasteiger partial charge < -0.3 is 9.47 Å². The van der Waals surface area contributed by atoms with Crippen LogP contribution in [0.4, 0.5) is 0 Å². The molecule has 2 nitrogen and oxygen atoms in total. The predicted molar refractivity (Wildman–Crippen MR) is 44.8 cm³/mol. The first-order chi connectivity index (χ1) is 5.93. The fourth-order valence-electron chi connectivity index (χ4n) is 1.39. The summed E-state index contributed by atoms with van der Waals surface area (Å²) in [5.74, 6) is 0.916. The van der Waals surface area contributed by atoms with Gasteiger partial charge in [-0.15, -0.1) is 0 Å². The molecule has 0 radical (unpaired) electrons. The zero-order valence-electron chi connectivity index (χ0n) is 6.44. The van der Waals surface area contributed by atoms with Gasteiger partial charge in [-0.1, -0.05) is 24.3 Å². The molecule has 1 fully saturated rings. The number of hydrogen-bond acceptors (Lipinski definition) is 2. The molecule has 2 unspecified atom stereocenters.